The Kier molecular flexibility index (Phi) is 5.28. The van der Waals surface area contributed by atoms with Crippen molar-refractivity contribution in [3.05, 3.63) is 35.4 Å². The molecule has 1 aliphatic rings. The van der Waals surface area contributed by atoms with E-state index < -0.39 is 11.6 Å². The largest absolute Gasteiger partial charge is 0.317 e. The van der Waals surface area contributed by atoms with Crippen molar-refractivity contribution < 1.29 is 8.78 Å². The summed E-state index contributed by atoms with van der Waals surface area (Å²) in [5.74, 6) is -0.186. The smallest absolute Gasteiger partial charge is 0.130 e. The summed E-state index contributed by atoms with van der Waals surface area (Å²) in [4.78, 5) is 2.11. The average Bonchev–Trinajstić information content (AvgIpc) is 2.41. The quantitative estimate of drug-likeness (QED) is 0.883. The van der Waals surface area contributed by atoms with Gasteiger partial charge in [-0.1, -0.05) is 6.07 Å². The molecule has 1 aliphatic heterocycles. The van der Waals surface area contributed by atoms with E-state index in [0.29, 0.717) is 12.1 Å². The summed E-state index contributed by atoms with van der Waals surface area (Å²) in [6.45, 7) is 3.72. The fourth-order valence-electron chi connectivity index (χ4n) is 2.59. The van der Waals surface area contributed by atoms with Crippen LogP contribution in [0.2, 0.25) is 0 Å². The van der Waals surface area contributed by atoms with Gasteiger partial charge in [0.15, 0.2) is 0 Å². The van der Waals surface area contributed by atoms with Gasteiger partial charge >= 0.3 is 0 Å². The van der Waals surface area contributed by atoms with Crippen molar-refractivity contribution in [1.29, 1.82) is 0 Å². The highest BCUT2D eigenvalue weighted by molar-refractivity contribution is 5.18. The predicted molar refractivity (Wildman–Crippen MR) is 72.9 cm³/mol. The molecule has 0 atom stereocenters. The van der Waals surface area contributed by atoms with Crippen LogP contribution in [0.5, 0.6) is 0 Å². The molecule has 0 bridgehead atoms. The highest BCUT2D eigenvalue weighted by Crippen LogP contribution is 2.17. The molecule has 1 heterocycles. The predicted octanol–water partition coefficient (Wildman–Crippen LogP) is 2.79. The maximum absolute atomic E-state index is 13.5. The number of halogens is 2. The van der Waals surface area contributed by atoms with Gasteiger partial charge in [-0.3, -0.25) is 0 Å². The molecule has 0 unspecified atom stereocenters. The van der Waals surface area contributed by atoms with E-state index in [1.807, 2.05) is 7.05 Å². The lowest BCUT2D eigenvalue weighted by Gasteiger charge is -2.25. The zero-order valence-corrected chi connectivity index (χ0v) is 11.5. The third kappa shape index (κ3) is 4.55. The molecule has 0 aromatic heterocycles. The lowest BCUT2D eigenvalue weighted by atomic mass is 9.94. The molecule has 2 rings (SSSR count). The van der Waals surface area contributed by atoms with Crippen LogP contribution in [0.1, 0.15) is 24.8 Å². The van der Waals surface area contributed by atoms with E-state index >= 15 is 0 Å². The zero-order chi connectivity index (χ0) is 13.7. The van der Waals surface area contributed by atoms with Gasteiger partial charge in [-0.25, -0.2) is 8.78 Å². The van der Waals surface area contributed by atoms with Crippen LogP contribution in [-0.4, -0.2) is 31.6 Å². The topological polar surface area (TPSA) is 15.3 Å². The normalized spacial score (nSPS) is 17.1. The molecule has 0 amide bonds. The van der Waals surface area contributed by atoms with E-state index in [0.717, 1.165) is 38.0 Å². The summed E-state index contributed by atoms with van der Waals surface area (Å²) >= 11 is 0. The Bertz CT molecular complexity index is 403. The van der Waals surface area contributed by atoms with Crippen molar-refractivity contribution in [2.75, 3.05) is 26.7 Å². The Morgan fingerprint density at radius 3 is 2.68 bits per heavy atom. The van der Waals surface area contributed by atoms with Gasteiger partial charge in [-0.2, -0.15) is 0 Å². The molecule has 1 saturated heterocycles. The van der Waals surface area contributed by atoms with Crippen molar-refractivity contribution in [3.8, 4) is 0 Å². The zero-order valence-electron chi connectivity index (χ0n) is 11.5. The van der Waals surface area contributed by atoms with Crippen LogP contribution in [-0.2, 0) is 6.54 Å². The van der Waals surface area contributed by atoms with Crippen LogP contribution in [0.4, 0.5) is 8.78 Å². The van der Waals surface area contributed by atoms with Crippen molar-refractivity contribution in [3.63, 3.8) is 0 Å². The molecule has 2 nitrogen and oxygen atoms in total. The summed E-state index contributed by atoms with van der Waals surface area (Å²) in [5, 5.41) is 3.36. The van der Waals surface area contributed by atoms with Gasteiger partial charge in [-0.05, 0) is 57.9 Å². The van der Waals surface area contributed by atoms with Gasteiger partial charge in [0.1, 0.15) is 11.6 Å². The molecule has 1 N–H and O–H groups in total. The molecule has 4 heteroatoms. The molecule has 1 aromatic carbocycles. The highest BCUT2D eigenvalue weighted by atomic mass is 19.1. The first-order valence-corrected chi connectivity index (χ1v) is 6.98. The van der Waals surface area contributed by atoms with Crippen molar-refractivity contribution in [2.24, 2.45) is 5.92 Å². The second-order valence-electron chi connectivity index (χ2n) is 5.46. The summed E-state index contributed by atoms with van der Waals surface area (Å²) < 4.78 is 26.3. The minimum atomic E-state index is -0.515. The number of benzene rings is 1. The third-order valence-corrected chi connectivity index (χ3v) is 3.83. The molecule has 0 aliphatic carbocycles. The standard InChI is InChI=1S/C15H22F2N2/c1-19(9-6-12-4-7-18-8-5-12)11-13-2-3-14(16)10-15(13)17/h2-3,10,12,18H,4-9,11H2,1H3. The summed E-state index contributed by atoms with van der Waals surface area (Å²) in [6.07, 6.45) is 3.62. The average molecular weight is 268 g/mol. The first kappa shape index (κ1) is 14.4. The minimum absolute atomic E-state index is 0.450. The fourth-order valence-corrected chi connectivity index (χ4v) is 2.59. The van der Waals surface area contributed by atoms with Crippen LogP contribution < -0.4 is 5.32 Å². The molecule has 0 radical (unpaired) electrons. The second kappa shape index (κ2) is 6.96. The second-order valence-corrected chi connectivity index (χ2v) is 5.46. The van der Waals surface area contributed by atoms with E-state index in [-0.39, 0.29) is 0 Å². The maximum atomic E-state index is 13.5. The molecular formula is C15H22F2N2. The van der Waals surface area contributed by atoms with Crippen molar-refractivity contribution in [2.45, 2.75) is 25.8 Å². The number of nitrogens with zero attached hydrogens (tertiary/aromatic N) is 1. The van der Waals surface area contributed by atoms with Gasteiger partial charge in [0.2, 0.25) is 0 Å². The lowest BCUT2D eigenvalue weighted by Crippen LogP contribution is -2.30. The number of piperidine rings is 1. The summed E-state index contributed by atoms with van der Waals surface area (Å²) in [5.41, 5.74) is 0.564. The Hall–Kier alpha value is -1.00. The lowest BCUT2D eigenvalue weighted by molar-refractivity contribution is 0.263. The molecule has 1 fully saturated rings. The molecular weight excluding hydrogens is 246 g/mol. The first-order chi connectivity index (χ1) is 9.15. The summed E-state index contributed by atoms with van der Waals surface area (Å²) in [7, 11) is 1.99. The van der Waals surface area contributed by atoms with Crippen LogP contribution >= 0.6 is 0 Å². The van der Waals surface area contributed by atoms with Crippen molar-refractivity contribution >= 4 is 0 Å². The Morgan fingerprint density at radius 2 is 2.00 bits per heavy atom. The van der Waals surface area contributed by atoms with E-state index in [9.17, 15) is 8.78 Å². The molecule has 0 saturated carbocycles. The first-order valence-electron chi connectivity index (χ1n) is 6.98. The molecule has 1 aromatic rings. The third-order valence-electron chi connectivity index (χ3n) is 3.83. The van der Waals surface area contributed by atoms with Gasteiger partial charge < -0.3 is 10.2 Å². The number of hydrogen-bond acceptors (Lipinski definition) is 2. The van der Waals surface area contributed by atoms with Gasteiger partial charge in [0.25, 0.3) is 0 Å². The number of rotatable bonds is 5. The van der Waals surface area contributed by atoms with Crippen LogP contribution in [0, 0.1) is 17.6 Å². The fraction of sp³-hybridized carbons (Fsp3) is 0.600. The monoisotopic (exact) mass is 268 g/mol. The maximum Gasteiger partial charge on any atom is 0.130 e. The number of nitrogens with one attached hydrogen (secondary N) is 1. The van der Waals surface area contributed by atoms with E-state index in [2.05, 4.69) is 10.2 Å². The Balaban J connectivity index is 1.78. The van der Waals surface area contributed by atoms with E-state index in [4.69, 9.17) is 0 Å². The molecule has 106 valence electrons. The SMILES string of the molecule is CN(CCC1CCNCC1)Cc1ccc(F)cc1F. The van der Waals surface area contributed by atoms with Crippen LogP contribution in [0.25, 0.3) is 0 Å². The number of hydrogen-bond donors (Lipinski definition) is 1. The minimum Gasteiger partial charge on any atom is -0.317 e. The highest BCUT2D eigenvalue weighted by Gasteiger charge is 2.14. The van der Waals surface area contributed by atoms with Crippen LogP contribution in [0.3, 0.4) is 0 Å². The summed E-state index contributed by atoms with van der Waals surface area (Å²) in [6, 6.07) is 3.81. The Labute approximate surface area is 113 Å². The van der Waals surface area contributed by atoms with Crippen molar-refractivity contribution in [1.82, 2.24) is 10.2 Å². The Morgan fingerprint density at radius 1 is 1.26 bits per heavy atom. The molecule has 19 heavy (non-hydrogen) atoms. The molecule has 0 spiro atoms. The van der Waals surface area contributed by atoms with Crippen LogP contribution in [0.15, 0.2) is 18.2 Å². The van der Waals surface area contributed by atoms with Gasteiger partial charge in [0.05, 0.1) is 0 Å². The van der Waals surface area contributed by atoms with E-state index in [1.165, 1.54) is 25.0 Å². The van der Waals surface area contributed by atoms with Gasteiger partial charge in [0, 0.05) is 18.2 Å². The van der Waals surface area contributed by atoms with E-state index in [1.54, 1.807) is 0 Å². The van der Waals surface area contributed by atoms with Gasteiger partial charge in [-0.15, -0.1) is 0 Å².